The Hall–Kier alpha value is -3.12. The molecule has 0 saturated carbocycles. The van der Waals surface area contributed by atoms with Crippen LogP contribution in [-0.2, 0) is 6.61 Å². The van der Waals surface area contributed by atoms with Gasteiger partial charge in [-0.05, 0) is 47.0 Å². The van der Waals surface area contributed by atoms with Crippen LogP contribution in [0.15, 0.2) is 72.8 Å². The molecule has 0 aliphatic heterocycles. The lowest BCUT2D eigenvalue weighted by Crippen LogP contribution is -1.94. The molecule has 2 nitrogen and oxygen atoms in total. The molecule has 0 aliphatic carbocycles. The molecule has 0 aromatic heterocycles. The molecule has 23 heavy (non-hydrogen) atoms. The van der Waals surface area contributed by atoms with Crippen molar-refractivity contribution < 1.29 is 9.13 Å². The molecule has 0 radical (unpaired) electrons. The number of hydrogen-bond donors (Lipinski definition) is 0. The Morgan fingerprint density at radius 2 is 1.61 bits per heavy atom. The zero-order valence-corrected chi connectivity index (χ0v) is 12.4. The van der Waals surface area contributed by atoms with Crippen LogP contribution < -0.4 is 4.74 Å². The fourth-order valence-electron chi connectivity index (χ4n) is 2.31. The van der Waals surface area contributed by atoms with E-state index in [0.29, 0.717) is 17.7 Å². The number of hydrogen-bond acceptors (Lipinski definition) is 2. The Labute approximate surface area is 134 Å². The molecule has 112 valence electrons. The first-order chi connectivity index (χ1) is 11.2. The van der Waals surface area contributed by atoms with E-state index in [2.05, 4.69) is 0 Å². The van der Waals surface area contributed by atoms with E-state index in [1.807, 2.05) is 60.7 Å². The molecule has 3 aromatic carbocycles. The van der Waals surface area contributed by atoms with Crippen molar-refractivity contribution in [1.29, 1.82) is 5.26 Å². The summed E-state index contributed by atoms with van der Waals surface area (Å²) in [7, 11) is 0. The fourth-order valence-corrected chi connectivity index (χ4v) is 2.31. The van der Waals surface area contributed by atoms with Crippen LogP contribution in [-0.4, -0.2) is 0 Å². The van der Waals surface area contributed by atoms with Crippen LogP contribution in [0, 0.1) is 17.1 Å². The molecule has 0 heterocycles. The Kier molecular flexibility index (Phi) is 4.35. The molecule has 0 amide bonds. The van der Waals surface area contributed by atoms with E-state index < -0.39 is 5.82 Å². The summed E-state index contributed by atoms with van der Waals surface area (Å²) in [5.41, 5.74) is 2.92. The molecule has 3 aromatic rings. The van der Waals surface area contributed by atoms with E-state index in [4.69, 9.17) is 10.00 Å². The predicted molar refractivity (Wildman–Crippen MR) is 87.3 cm³/mol. The largest absolute Gasteiger partial charge is 0.489 e. The fraction of sp³-hybridized carbons (Fsp3) is 0.0500. The van der Waals surface area contributed by atoms with Gasteiger partial charge in [0.2, 0.25) is 0 Å². The molecular weight excluding hydrogens is 289 g/mol. The van der Waals surface area contributed by atoms with Gasteiger partial charge in [0.1, 0.15) is 18.2 Å². The predicted octanol–water partition coefficient (Wildman–Crippen LogP) is 4.94. The van der Waals surface area contributed by atoms with Gasteiger partial charge in [-0.3, -0.25) is 0 Å². The van der Waals surface area contributed by atoms with Crippen LogP contribution in [0.1, 0.15) is 11.1 Å². The first-order valence-electron chi connectivity index (χ1n) is 7.22. The third-order valence-corrected chi connectivity index (χ3v) is 3.46. The van der Waals surface area contributed by atoms with Crippen molar-refractivity contribution in [3.63, 3.8) is 0 Å². The van der Waals surface area contributed by atoms with Gasteiger partial charge in [0.25, 0.3) is 0 Å². The van der Waals surface area contributed by atoms with Gasteiger partial charge in [0.05, 0.1) is 11.6 Å². The summed E-state index contributed by atoms with van der Waals surface area (Å²) in [4.78, 5) is 0. The Bertz CT molecular complexity index is 836. The number of ether oxygens (including phenoxy) is 1. The molecule has 0 atom stereocenters. The van der Waals surface area contributed by atoms with Crippen LogP contribution in [0.2, 0.25) is 0 Å². The van der Waals surface area contributed by atoms with Gasteiger partial charge in [-0.2, -0.15) is 5.26 Å². The number of benzene rings is 3. The summed E-state index contributed by atoms with van der Waals surface area (Å²) in [6.07, 6.45) is 0. The monoisotopic (exact) mass is 303 g/mol. The zero-order chi connectivity index (χ0) is 16.1. The van der Waals surface area contributed by atoms with Gasteiger partial charge < -0.3 is 4.74 Å². The normalized spacial score (nSPS) is 10.1. The van der Waals surface area contributed by atoms with Crippen molar-refractivity contribution >= 4 is 0 Å². The number of rotatable bonds is 4. The van der Waals surface area contributed by atoms with E-state index in [0.717, 1.165) is 16.9 Å². The highest BCUT2D eigenvalue weighted by molar-refractivity contribution is 5.66. The maximum atomic E-state index is 13.5. The van der Waals surface area contributed by atoms with Crippen LogP contribution in [0.25, 0.3) is 11.1 Å². The lowest BCUT2D eigenvalue weighted by Gasteiger charge is -2.08. The van der Waals surface area contributed by atoms with Crippen molar-refractivity contribution in [2.75, 3.05) is 0 Å². The SMILES string of the molecule is N#Cc1cc(F)cc(-c2ccc(OCc3ccccc3)cc2)c1. The number of nitrogens with zero attached hydrogens (tertiary/aromatic N) is 1. The standard InChI is InChI=1S/C20H14FNO/c21-19-11-16(13-22)10-18(12-19)17-6-8-20(9-7-17)23-14-15-4-2-1-3-5-15/h1-12H,14H2. The highest BCUT2D eigenvalue weighted by Gasteiger charge is 2.04. The first-order valence-corrected chi connectivity index (χ1v) is 7.22. The molecule has 0 unspecified atom stereocenters. The maximum Gasteiger partial charge on any atom is 0.125 e. The molecule has 0 spiro atoms. The minimum atomic E-state index is -0.413. The van der Waals surface area contributed by atoms with Gasteiger partial charge in [-0.25, -0.2) is 4.39 Å². The molecular formula is C20H14FNO. The second-order valence-electron chi connectivity index (χ2n) is 5.14. The van der Waals surface area contributed by atoms with Crippen LogP contribution >= 0.6 is 0 Å². The molecule has 0 saturated heterocycles. The molecule has 3 heteroatoms. The van der Waals surface area contributed by atoms with Crippen LogP contribution in [0.3, 0.4) is 0 Å². The molecule has 3 rings (SSSR count). The molecule has 0 fully saturated rings. The average molecular weight is 303 g/mol. The van der Waals surface area contributed by atoms with Gasteiger partial charge in [0.15, 0.2) is 0 Å². The molecule has 0 bridgehead atoms. The second-order valence-corrected chi connectivity index (χ2v) is 5.14. The van der Waals surface area contributed by atoms with Gasteiger partial charge >= 0.3 is 0 Å². The zero-order valence-electron chi connectivity index (χ0n) is 12.4. The van der Waals surface area contributed by atoms with Crippen LogP contribution in [0.4, 0.5) is 4.39 Å². The van der Waals surface area contributed by atoms with Crippen molar-refractivity contribution in [2.24, 2.45) is 0 Å². The van der Waals surface area contributed by atoms with Crippen molar-refractivity contribution in [2.45, 2.75) is 6.61 Å². The lowest BCUT2D eigenvalue weighted by molar-refractivity contribution is 0.306. The molecule has 0 N–H and O–H groups in total. The molecule has 0 aliphatic rings. The summed E-state index contributed by atoms with van der Waals surface area (Å²) >= 11 is 0. The Balaban J connectivity index is 1.75. The topological polar surface area (TPSA) is 33.0 Å². The smallest absolute Gasteiger partial charge is 0.125 e. The number of nitriles is 1. The second kappa shape index (κ2) is 6.76. The summed E-state index contributed by atoms with van der Waals surface area (Å²) in [5.74, 6) is 0.331. The third-order valence-electron chi connectivity index (χ3n) is 3.46. The summed E-state index contributed by atoms with van der Waals surface area (Å²) in [5, 5.41) is 8.92. The van der Waals surface area contributed by atoms with E-state index >= 15 is 0 Å². The van der Waals surface area contributed by atoms with E-state index in [-0.39, 0.29) is 0 Å². The highest BCUT2D eigenvalue weighted by atomic mass is 19.1. The highest BCUT2D eigenvalue weighted by Crippen LogP contribution is 2.24. The van der Waals surface area contributed by atoms with Gasteiger partial charge in [0, 0.05) is 0 Å². The Morgan fingerprint density at radius 3 is 2.30 bits per heavy atom. The van der Waals surface area contributed by atoms with E-state index in [1.165, 1.54) is 12.1 Å². The van der Waals surface area contributed by atoms with Gasteiger partial charge in [-0.1, -0.05) is 42.5 Å². The van der Waals surface area contributed by atoms with Crippen LogP contribution in [0.5, 0.6) is 5.75 Å². The van der Waals surface area contributed by atoms with Crippen molar-refractivity contribution in [1.82, 2.24) is 0 Å². The average Bonchev–Trinajstić information content (AvgIpc) is 2.60. The minimum absolute atomic E-state index is 0.310. The van der Waals surface area contributed by atoms with E-state index in [9.17, 15) is 4.39 Å². The third kappa shape index (κ3) is 3.75. The van der Waals surface area contributed by atoms with E-state index in [1.54, 1.807) is 6.07 Å². The van der Waals surface area contributed by atoms with Gasteiger partial charge in [-0.15, -0.1) is 0 Å². The quantitative estimate of drug-likeness (QED) is 0.683. The number of halogens is 1. The summed E-state index contributed by atoms with van der Waals surface area (Å²) < 4.78 is 19.2. The summed E-state index contributed by atoms with van der Waals surface area (Å²) in [6, 6.07) is 23.6. The maximum absolute atomic E-state index is 13.5. The first kappa shape index (κ1) is 14.8. The summed E-state index contributed by atoms with van der Waals surface area (Å²) in [6.45, 7) is 0.499. The minimum Gasteiger partial charge on any atom is -0.489 e. The lowest BCUT2D eigenvalue weighted by atomic mass is 10.0. The van der Waals surface area contributed by atoms with Crippen molar-refractivity contribution in [3.05, 3.63) is 89.7 Å². The Morgan fingerprint density at radius 1 is 0.870 bits per heavy atom. The van der Waals surface area contributed by atoms with Crippen molar-refractivity contribution in [3.8, 4) is 22.9 Å².